The minimum atomic E-state index is 0.00588. The Bertz CT molecular complexity index is 1630. The van der Waals surface area contributed by atoms with Gasteiger partial charge in [-0.15, -0.1) is 5.10 Å². The molecule has 7 rings (SSSR count). The highest BCUT2D eigenvalue weighted by atomic mass is 16.2. The lowest BCUT2D eigenvalue weighted by molar-refractivity contribution is -0.134. The Morgan fingerprint density at radius 3 is 2.22 bits per heavy atom. The zero-order valence-electron chi connectivity index (χ0n) is 21.2. The monoisotopic (exact) mass is 493 g/mol. The van der Waals surface area contributed by atoms with Crippen LogP contribution in [0.5, 0.6) is 0 Å². The number of aromatic nitrogens is 5. The van der Waals surface area contributed by atoms with E-state index in [2.05, 4.69) is 81.5 Å². The molecule has 0 spiro atoms. The molecule has 5 aromatic rings. The third-order valence-electron chi connectivity index (χ3n) is 8.36. The van der Waals surface area contributed by atoms with Crippen LogP contribution in [0, 0.1) is 0 Å². The van der Waals surface area contributed by atoms with Crippen LogP contribution < -0.4 is 0 Å². The lowest BCUT2D eigenvalue weighted by Crippen LogP contribution is -2.40. The molecule has 0 saturated heterocycles. The van der Waals surface area contributed by atoms with E-state index in [0.717, 1.165) is 36.3 Å². The average Bonchev–Trinajstić information content (AvgIpc) is 3.62. The van der Waals surface area contributed by atoms with Crippen molar-refractivity contribution in [1.82, 2.24) is 34.8 Å². The highest BCUT2D eigenvalue weighted by Crippen LogP contribution is 2.35. The molecule has 0 bridgehead atoms. The molecule has 188 valence electrons. The molecule has 37 heavy (non-hydrogen) atoms. The van der Waals surface area contributed by atoms with Crippen LogP contribution in [0.1, 0.15) is 54.1 Å². The van der Waals surface area contributed by atoms with Gasteiger partial charge in [0.1, 0.15) is 6.54 Å². The Morgan fingerprint density at radius 1 is 0.892 bits per heavy atom. The second kappa shape index (κ2) is 8.59. The van der Waals surface area contributed by atoms with Gasteiger partial charge in [0, 0.05) is 58.9 Å². The fraction of sp³-hybridized carbons (Fsp3) is 0.345. The summed E-state index contributed by atoms with van der Waals surface area (Å²) in [7, 11) is 0. The van der Waals surface area contributed by atoms with Gasteiger partial charge in [0.15, 0.2) is 0 Å². The third-order valence-corrected chi connectivity index (χ3v) is 8.36. The first-order valence-electron chi connectivity index (χ1n) is 13.2. The number of hydrogen-bond donors (Lipinski definition) is 2. The van der Waals surface area contributed by atoms with Gasteiger partial charge < -0.3 is 14.9 Å². The highest BCUT2D eigenvalue weighted by molar-refractivity contribution is 5.86. The third kappa shape index (κ3) is 3.66. The van der Waals surface area contributed by atoms with Gasteiger partial charge in [-0.25, -0.2) is 4.68 Å². The predicted octanol–water partition coefficient (Wildman–Crippen LogP) is 4.51. The molecular weight excluding hydrogens is 462 g/mol. The maximum absolute atomic E-state index is 13.3. The molecule has 0 radical (unpaired) electrons. The Hall–Kier alpha value is -3.91. The fourth-order valence-electron chi connectivity index (χ4n) is 6.39. The molecule has 8 heteroatoms. The quantitative estimate of drug-likeness (QED) is 0.386. The Kier molecular flexibility index (Phi) is 5.18. The average molecular weight is 494 g/mol. The molecule has 2 aliphatic heterocycles. The summed E-state index contributed by atoms with van der Waals surface area (Å²) in [6.07, 6.45) is 3.80. The van der Waals surface area contributed by atoms with Gasteiger partial charge in [0.25, 0.3) is 0 Å². The number of carbonyl (C=O) groups excluding carboxylic acids is 1. The summed E-state index contributed by atoms with van der Waals surface area (Å²) in [5.74, 6) is 0.0716. The van der Waals surface area contributed by atoms with Crippen LogP contribution >= 0.6 is 0 Å². The van der Waals surface area contributed by atoms with E-state index in [0.29, 0.717) is 13.1 Å². The second-order valence-corrected chi connectivity index (χ2v) is 10.4. The smallest absolute Gasteiger partial charge is 0.244 e. The molecule has 2 aromatic carbocycles. The first-order valence-corrected chi connectivity index (χ1v) is 13.2. The second-order valence-electron chi connectivity index (χ2n) is 10.4. The van der Waals surface area contributed by atoms with Gasteiger partial charge >= 0.3 is 0 Å². The molecule has 2 unspecified atom stereocenters. The maximum Gasteiger partial charge on any atom is 0.244 e. The molecule has 0 aliphatic carbocycles. The molecular formula is C29H31N7O. The summed E-state index contributed by atoms with van der Waals surface area (Å²) >= 11 is 0. The lowest BCUT2D eigenvalue weighted by atomic mass is 9.98. The minimum absolute atomic E-state index is 0.00588. The van der Waals surface area contributed by atoms with Crippen molar-refractivity contribution < 1.29 is 4.79 Å². The van der Waals surface area contributed by atoms with E-state index < -0.39 is 0 Å². The number of benzene rings is 2. The first-order chi connectivity index (χ1) is 18.1. The molecule has 3 aromatic heterocycles. The van der Waals surface area contributed by atoms with Gasteiger partial charge in [-0.2, -0.15) is 0 Å². The Labute approximate surface area is 215 Å². The van der Waals surface area contributed by atoms with Gasteiger partial charge in [0.05, 0.1) is 17.9 Å². The molecule has 0 saturated carbocycles. The fourth-order valence-corrected chi connectivity index (χ4v) is 6.39. The van der Waals surface area contributed by atoms with Crippen molar-refractivity contribution in [3.8, 4) is 0 Å². The molecule has 2 aliphatic rings. The van der Waals surface area contributed by atoms with Crippen LogP contribution in [0.25, 0.3) is 21.8 Å². The van der Waals surface area contributed by atoms with Crippen LogP contribution in [-0.4, -0.2) is 53.8 Å². The van der Waals surface area contributed by atoms with Crippen molar-refractivity contribution in [1.29, 1.82) is 0 Å². The normalized spacial score (nSPS) is 19.9. The molecule has 2 atom stereocenters. The summed E-state index contributed by atoms with van der Waals surface area (Å²) < 4.78 is 1.69. The van der Waals surface area contributed by atoms with E-state index in [9.17, 15) is 4.79 Å². The zero-order chi connectivity index (χ0) is 25.1. The number of fused-ring (bicyclic) bond motifs is 6. The number of rotatable bonds is 4. The van der Waals surface area contributed by atoms with E-state index in [1.807, 2.05) is 17.2 Å². The largest absolute Gasteiger partial charge is 0.357 e. The van der Waals surface area contributed by atoms with E-state index in [1.54, 1.807) is 4.68 Å². The number of H-pyrrole nitrogens is 2. The standard InChI is InChI=1S/C29H31N7O/c1-18-28-23(21-7-3-5-9-25(21)30-28)11-13-34(18)15-20-16-35(33-32-20)17-27(37)36-14-12-24-22-8-4-6-10-26(22)31-29(24)19(36)2/h3-10,16,18-19,30-31H,11-15,17H2,1-2H3. The van der Waals surface area contributed by atoms with E-state index in [-0.39, 0.29) is 24.5 Å². The summed E-state index contributed by atoms with van der Waals surface area (Å²) in [6, 6.07) is 17.2. The van der Waals surface area contributed by atoms with Crippen LogP contribution in [0.2, 0.25) is 0 Å². The van der Waals surface area contributed by atoms with Crippen molar-refractivity contribution in [3.63, 3.8) is 0 Å². The number of aromatic amines is 2. The number of para-hydroxylation sites is 2. The number of carbonyl (C=O) groups is 1. The Balaban J connectivity index is 1.03. The molecule has 2 N–H and O–H groups in total. The summed E-state index contributed by atoms with van der Waals surface area (Å²) in [4.78, 5) is 24.9. The number of amides is 1. The molecule has 1 amide bonds. The summed E-state index contributed by atoms with van der Waals surface area (Å²) in [5, 5.41) is 11.3. The first kappa shape index (κ1) is 22.3. The topological polar surface area (TPSA) is 85.8 Å². The van der Waals surface area contributed by atoms with Crippen LogP contribution in [0.15, 0.2) is 54.7 Å². The van der Waals surface area contributed by atoms with Crippen molar-refractivity contribution in [2.24, 2.45) is 0 Å². The number of hydrogen-bond acceptors (Lipinski definition) is 4. The van der Waals surface area contributed by atoms with E-state index >= 15 is 0 Å². The van der Waals surface area contributed by atoms with E-state index in [4.69, 9.17) is 0 Å². The van der Waals surface area contributed by atoms with Gasteiger partial charge in [0.2, 0.25) is 5.91 Å². The van der Waals surface area contributed by atoms with E-state index in [1.165, 1.54) is 33.1 Å². The number of nitrogens with one attached hydrogen (secondary N) is 2. The summed E-state index contributed by atoms with van der Waals surface area (Å²) in [6.45, 7) is 6.96. The van der Waals surface area contributed by atoms with Crippen LogP contribution in [0.3, 0.4) is 0 Å². The predicted molar refractivity (Wildman–Crippen MR) is 143 cm³/mol. The zero-order valence-corrected chi connectivity index (χ0v) is 21.2. The van der Waals surface area contributed by atoms with Crippen molar-refractivity contribution in [3.05, 3.63) is 82.9 Å². The number of nitrogens with zero attached hydrogens (tertiary/aromatic N) is 5. The van der Waals surface area contributed by atoms with Gasteiger partial charge in [-0.1, -0.05) is 41.6 Å². The van der Waals surface area contributed by atoms with Crippen molar-refractivity contribution >= 4 is 27.7 Å². The molecule has 0 fully saturated rings. The van der Waals surface area contributed by atoms with Crippen LogP contribution in [-0.2, 0) is 30.7 Å². The molecule has 5 heterocycles. The minimum Gasteiger partial charge on any atom is -0.357 e. The highest BCUT2D eigenvalue weighted by Gasteiger charge is 2.31. The lowest BCUT2D eigenvalue weighted by Gasteiger charge is -2.33. The summed E-state index contributed by atoms with van der Waals surface area (Å²) in [5.41, 5.74) is 8.45. The van der Waals surface area contributed by atoms with Crippen molar-refractivity contribution in [2.45, 2.75) is 51.9 Å². The van der Waals surface area contributed by atoms with Crippen molar-refractivity contribution in [2.75, 3.05) is 13.1 Å². The van der Waals surface area contributed by atoms with Gasteiger partial charge in [-0.05, 0) is 49.9 Å². The van der Waals surface area contributed by atoms with Gasteiger partial charge in [-0.3, -0.25) is 9.69 Å². The van der Waals surface area contributed by atoms with Crippen LogP contribution in [0.4, 0.5) is 0 Å². The SMILES string of the molecule is CC1c2[nH]c3ccccc3c2CCN1Cc1cn(CC(=O)N2CCc3c([nH]c4ccccc34)C2C)nn1. The molecule has 8 nitrogen and oxygen atoms in total. The maximum atomic E-state index is 13.3. The Morgan fingerprint density at radius 2 is 1.51 bits per heavy atom.